The van der Waals surface area contributed by atoms with Crippen LogP contribution in [0.4, 0.5) is 0 Å². The maximum atomic E-state index is 2.98. The summed E-state index contributed by atoms with van der Waals surface area (Å²) in [7, 11) is 2.98. The lowest BCUT2D eigenvalue weighted by Crippen LogP contribution is -2.31. The van der Waals surface area contributed by atoms with Crippen LogP contribution in [0.1, 0.15) is 67.2 Å². The van der Waals surface area contributed by atoms with E-state index in [0.29, 0.717) is 0 Å². The molecule has 0 saturated heterocycles. The zero-order chi connectivity index (χ0) is 13.9. The predicted octanol–water partition coefficient (Wildman–Crippen LogP) is 5.62. The van der Waals surface area contributed by atoms with Gasteiger partial charge in [0.25, 0.3) is 0 Å². The molecule has 108 valence electrons. The Hall–Kier alpha value is 0.430. The van der Waals surface area contributed by atoms with Crippen LogP contribution in [0.5, 0.6) is 0 Å². The zero-order valence-electron chi connectivity index (χ0n) is 13.4. The first-order valence-corrected chi connectivity index (χ1v) is 8.75. The molecule has 1 fully saturated rings. The predicted molar refractivity (Wildman–Crippen MR) is 87.0 cm³/mol. The van der Waals surface area contributed by atoms with Gasteiger partial charge in [-0.2, -0.15) is 0 Å². The molecule has 8 atom stereocenters. The van der Waals surface area contributed by atoms with Gasteiger partial charge in [-0.25, -0.2) is 0 Å². The fraction of sp³-hybridized carbons (Fsp3) is 1.00. The molecule has 0 nitrogen and oxygen atoms in total. The van der Waals surface area contributed by atoms with Crippen LogP contribution in [-0.2, 0) is 0 Å². The maximum Gasteiger partial charge on any atom is -0.0267 e. The Morgan fingerprint density at radius 1 is 1.00 bits per heavy atom. The SMILES string of the molecule is CC1CCC(C)C(C(C)C(C)CC(C)[C@@H](C)P)C1. The van der Waals surface area contributed by atoms with Gasteiger partial charge in [-0.05, 0) is 54.0 Å². The van der Waals surface area contributed by atoms with E-state index in [1.54, 1.807) is 0 Å². The molecule has 0 aromatic carbocycles. The molecular weight excluding hydrogens is 235 g/mol. The van der Waals surface area contributed by atoms with Crippen molar-refractivity contribution in [2.75, 3.05) is 0 Å². The minimum Gasteiger partial charge on any atom is -0.134 e. The van der Waals surface area contributed by atoms with E-state index in [1.807, 2.05) is 0 Å². The molecule has 1 aliphatic carbocycles. The topological polar surface area (TPSA) is 0 Å². The molecule has 0 N–H and O–H groups in total. The molecule has 0 amide bonds. The van der Waals surface area contributed by atoms with Gasteiger partial charge in [0.05, 0.1) is 0 Å². The van der Waals surface area contributed by atoms with Crippen molar-refractivity contribution in [3.63, 3.8) is 0 Å². The lowest BCUT2D eigenvalue weighted by Gasteiger charge is -2.40. The Morgan fingerprint density at radius 3 is 2.17 bits per heavy atom. The van der Waals surface area contributed by atoms with E-state index in [-0.39, 0.29) is 0 Å². The van der Waals surface area contributed by atoms with Crippen molar-refractivity contribution in [1.29, 1.82) is 0 Å². The normalized spacial score (nSPS) is 35.8. The minimum atomic E-state index is 0.752. The summed E-state index contributed by atoms with van der Waals surface area (Å²) in [5.41, 5.74) is 0.752. The van der Waals surface area contributed by atoms with E-state index in [4.69, 9.17) is 0 Å². The van der Waals surface area contributed by atoms with Gasteiger partial charge in [-0.1, -0.05) is 54.4 Å². The van der Waals surface area contributed by atoms with Crippen LogP contribution in [0.25, 0.3) is 0 Å². The van der Waals surface area contributed by atoms with Crippen LogP contribution in [0.15, 0.2) is 0 Å². The van der Waals surface area contributed by atoms with Crippen LogP contribution >= 0.6 is 9.24 Å². The van der Waals surface area contributed by atoms with Gasteiger partial charge in [0.1, 0.15) is 0 Å². The van der Waals surface area contributed by atoms with Crippen LogP contribution < -0.4 is 0 Å². The van der Waals surface area contributed by atoms with Gasteiger partial charge in [-0.3, -0.25) is 0 Å². The largest absolute Gasteiger partial charge is 0.134 e. The molecule has 7 unspecified atom stereocenters. The number of rotatable bonds is 5. The zero-order valence-corrected chi connectivity index (χ0v) is 14.6. The van der Waals surface area contributed by atoms with E-state index >= 15 is 0 Å². The van der Waals surface area contributed by atoms with Gasteiger partial charge in [0.15, 0.2) is 0 Å². The summed E-state index contributed by atoms with van der Waals surface area (Å²) >= 11 is 0. The highest BCUT2D eigenvalue weighted by molar-refractivity contribution is 7.17. The maximum absolute atomic E-state index is 2.98. The Morgan fingerprint density at radius 2 is 1.61 bits per heavy atom. The van der Waals surface area contributed by atoms with Crippen LogP contribution in [0, 0.1) is 35.5 Å². The van der Waals surface area contributed by atoms with E-state index in [1.165, 1.54) is 25.7 Å². The lowest BCUT2D eigenvalue weighted by atomic mass is 9.66. The lowest BCUT2D eigenvalue weighted by molar-refractivity contribution is 0.106. The first-order valence-electron chi connectivity index (χ1n) is 8.08. The minimum absolute atomic E-state index is 0.752. The summed E-state index contributed by atoms with van der Waals surface area (Å²) in [6.45, 7) is 14.7. The van der Waals surface area contributed by atoms with Gasteiger partial charge in [-0.15, -0.1) is 9.24 Å². The van der Waals surface area contributed by atoms with E-state index in [9.17, 15) is 0 Å². The molecule has 1 heteroatoms. The van der Waals surface area contributed by atoms with Crippen molar-refractivity contribution in [2.45, 2.75) is 72.9 Å². The van der Waals surface area contributed by atoms with E-state index < -0.39 is 0 Å². The second-order valence-corrected chi connectivity index (χ2v) is 8.52. The van der Waals surface area contributed by atoms with Crippen LogP contribution in [-0.4, -0.2) is 5.66 Å². The van der Waals surface area contributed by atoms with Crippen LogP contribution in [0.2, 0.25) is 0 Å². The third-order valence-corrected chi connectivity index (χ3v) is 6.39. The van der Waals surface area contributed by atoms with Crippen molar-refractivity contribution in [3.05, 3.63) is 0 Å². The standard InChI is InChI=1S/C17H35P/c1-11-7-8-12(2)17(9-11)15(5)13(3)10-14(4)16(6)18/h11-17H,7-10,18H2,1-6H3/t11?,12?,13?,14?,15?,16-,17?/m1/s1. The molecule has 0 aromatic heterocycles. The Kier molecular flexibility index (Phi) is 6.66. The van der Waals surface area contributed by atoms with Crippen molar-refractivity contribution >= 4 is 9.24 Å². The molecular formula is C17H35P. The first kappa shape index (κ1) is 16.5. The highest BCUT2D eigenvalue weighted by Gasteiger charge is 2.32. The average molecular weight is 270 g/mol. The number of hydrogen-bond acceptors (Lipinski definition) is 0. The fourth-order valence-corrected chi connectivity index (χ4v) is 3.90. The summed E-state index contributed by atoms with van der Waals surface area (Å²) in [5, 5.41) is 0. The van der Waals surface area contributed by atoms with Crippen molar-refractivity contribution in [1.82, 2.24) is 0 Å². The van der Waals surface area contributed by atoms with E-state index in [2.05, 4.69) is 50.8 Å². The van der Waals surface area contributed by atoms with Gasteiger partial charge in [0, 0.05) is 0 Å². The van der Waals surface area contributed by atoms with Crippen LogP contribution in [0.3, 0.4) is 0 Å². The van der Waals surface area contributed by atoms with Crippen molar-refractivity contribution in [3.8, 4) is 0 Å². The highest BCUT2D eigenvalue weighted by atomic mass is 31.0. The molecule has 0 bridgehead atoms. The molecule has 0 aliphatic heterocycles. The fourth-order valence-electron chi connectivity index (χ4n) is 3.75. The monoisotopic (exact) mass is 270 g/mol. The summed E-state index contributed by atoms with van der Waals surface area (Å²) in [5.74, 6) is 5.48. The molecule has 0 heterocycles. The highest BCUT2D eigenvalue weighted by Crippen LogP contribution is 2.41. The summed E-state index contributed by atoms with van der Waals surface area (Å²) in [6.07, 6.45) is 5.78. The Bertz CT molecular complexity index is 236. The molecule has 1 rings (SSSR count). The Labute approximate surface area is 118 Å². The molecule has 0 spiro atoms. The average Bonchev–Trinajstić information content (AvgIpc) is 2.31. The third kappa shape index (κ3) is 4.52. The summed E-state index contributed by atoms with van der Waals surface area (Å²) in [4.78, 5) is 0. The molecule has 1 saturated carbocycles. The van der Waals surface area contributed by atoms with Gasteiger partial charge in [0.2, 0.25) is 0 Å². The molecule has 1 aliphatic rings. The third-order valence-electron chi connectivity index (χ3n) is 5.73. The Balaban J connectivity index is 2.53. The summed E-state index contributed by atoms with van der Waals surface area (Å²) in [6, 6.07) is 0. The summed E-state index contributed by atoms with van der Waals surface area (Å²) < 4.78 is 0. The molecule has 18 heavy (non-hydrogen) atoms. The number of hydrogen-bond donors (Lipinski definition) is 0. The quantitative estimate of drug-likeness (QED) is 0.569. The van der Waals surface area contributed by atoms with Crippen molar-refractivity contribution < 1.29 is 0 Å². The first-order chi connectivity index (χ1) is 8.32. The molecule has 0 aromatic rings. The second kappa shape index (κ2) is 7.28. The van der Waals surface area contributed by atoms with E-state index in [0.717, 1.165) is 41.2 Å². The smallest absolute Gasteiger partial charge is 0.0267 e. The van der Waals surface area contributed by atoms with Gasteiger partial charge >= 0.3 is 0 Å². The van der Waals surface area contributed by atoms with Gasteiger partial charge < -0.3 is 0 Å². The molecule has 0 radical (unpaired) electrons. The van der Waals surface area contributed by atoms with Crippen molar-refractivity contribution in [2.24, 2.45) is 35.5 Å². The second-order valence-electron chi connectivity index (χ2n) is 7.47.